The van der Waals surface area contributed by atoms with E-state index in [1.165, 1.54) is 0 Å². The number of anilines is 2. The number of carbonyl (C=O) groups is 1. The van der Waals surface area contributed by atoms with Gasteiger partial charge in [-0.05, 0) is 57.0 Å². The van der Waals surface area contributed by atoms with E-state index in [1.807, 2.05) is 67.7 Å². The highest BCUT2D eigenvalue weighted by Crippen LogP contribution is 2.39. The van der Waals surface area contributed by atoms with Gasteiger partial charge in [0, 0.05) is 74.4 Å². The zero-order valence-corrected chi connectivity index (χ0v) is 25.9. The molecular weight excluding hydrogens is 556 g/mol. The van der Waals surface area contributed by atoms with Crippen LogP contribution in [0, 0.1) is 6.92 Å². The minimum Gasteiger partial charge on any atom is -0.496 e. The van der Waals surface area contributed by atoms with E-state index in [2.05, 4.69) is 19.6 Å². The number of likely N-dealkylation sites (N-methyl/N-ethyl adjacent to an activating group) is 1. The molecule has 230 valence electrons. The van der Waals surface area contributed by atoms with Gasteiger partial charge in [0.1, 0.15) is 23.4 Å². The second-order valence-corrected chi connectivity index (χ2v) is 12.1. The fourth-order valence-corrected chi connectivity index (χ4v) is 7.29. The molecule has 0 saturated carbocycles. The van der Waals surface area contributed by atoms with Crippen molar-refractivity contribution >= 4 is 22.8 Å². The van der Waals surface area contributed by atoms with Crippen molar-refractivity contribution in [2.45, 2.75) is 50.6 Å². The summed E-state index contributed by atoms with van der Waals surface area (Å²) in [5.41, 5.74) is 6.42. The summed E-state index contributed by atoms with van der Waals surface area (Å²) in [6, 6.07) is 12.0. The Balaban J connectivity index is 1.15. The molecule has 2 fully saturated rings. The summed E-state index contributed by atoms with van der Waals surface area (Å²) < 4.78 is 19.2. The fraction of sp³-hybridized carbons (Fsp3) is 0.441. The van der Waals surface area contributed by atoms with Gasteiger partial charge in [0.05, 0.1) is 36.8 Å². The van der Waals surface area contributed by atoms with E-state index in [0.29, 0.717) is 29.8 Å². The predicted molar refractivity (Wildman–Crippen MR) is 170 cm³/mol. The van der Waals surface area contributed by atoms with Crippen LogP contribution in [0.2, 0.25) is 0 Å². The summed E-state index contributed by atoms with van der Waals surface area (Å²) in [6.45, 7) is 5.82. The SMILES string of the molecule is COc1cc(-c2nc([C@@H]3CCN(C4CCOCC4)C3)n3ccnc(C)c23)ccc1NC(=O)C1Cc2c(OC)cccc2N1C. The number of fused-ring (bicyclic) bond motifs is 2. The Kier molecular flexibility index (Phi) is 7.63. The first-order valence-corrected chi connectivity index (χ1v) is 15.5. The second kappa shape index (κ2) is 11.7. The third kappa shape index (κ3) is 4.95. The molecule has 3 aliphatic rings. The summed E-state index contributed by atoms with van der Waals surface area (Å²) >= 11 is 0. The van der Waals surface area contributed by atoms with Crippen LogP contribution in [0.3, 0.4) is 0 Å². The van der Waals surface area contributed by atoms with Crippen LogP contribution in [-0.4, -0.2) is 84.8 Å². The number of nitrogens with zero attached hydrogens (tertiary/aromatic N) is 5. The largest absolute Gasteiger partial charge is 0.496 e. The summed E-state index contributed by atoms with van der Waals surface area (Å²) in [6.07, 6.45) is 7.74. The van der Waals surface area contributed by atoms with Crippen LogP contribution in [0.5, 0.6) is 11.5 Å². The summed E-state index contributed by atoms with van der Waals surface area (Å²) in [5, 5.41) is 3.12. The highest BCUT2D eigenvalue weighted by molar-refractivity contribution is 6.00. The number of benzene rings is 2. The standard InChI is InChI=1S/C34H40N6O4/c1-21-32-31(37-33(40(32)15-13-35-21)23-10-14-39(20-23)24-11-16-44-17-12-24)22-8-9-26(30(18-22)43-4)36-34(41)28-19-25-27(38(28)2)6-5-7-29(25)42-3/h5-9,13,15,18,23-24,28H,10-12,14,16-17,19-20H2,1-4H3,(H,36,41)/t23-,28?/m1/s1. The third-order valence-corrected chi connectivity index (χ3v) is 9.67. The van der Waals surface area contributed by atoms with E-state index < -0.39 is 0 Å². The first-order valence-electron chi connectivity index (χ1n) is 15.5. The lowest BCUT2D eigenvalue weighted by atomic mass is 10.1. The molecule has 1 unspecified atom stereocenters. The average Bonchev–Trinajstić information content (AvgIpc) is 3.78. The molecule has 3 aliphatic heterocycles. The fourth-order valence-electron chi connectivity index (χ4n) is 7.29. The summed E-state index contributed by atoms with van der Waals surface area (Å²) in [5.74, 6) is 2.71. The number of hydrogen-bond donors (Lipinski definition) is 1. The molecule has 0 spiro atoms. The molecule has 2 saturated heterocycles. The second-order valence-electron chi connectivity index (χ2n) is 12.1. The van der Waals surface area contributed by atoms with E-state index >= 15 is 0 Å². The van der Waals surface area contributed by atoms with Crippen molar-refractivity contribution in [2.24, 2.45) is 0 Å². The normalized spacial score (nSPS) is 20.7. The van der Waals surface area contributed by atoms with Gasteiger partial charge in [-0.3, -0.25) is 19.1 Å². The molecule has 10 heteroatoms. The Morgan fingerprint density at radius 3 is 2.68 bits per heavy atom. The van der Waals surface area contributed by atoms with E-state index in [0.717, 1.165) is 90.9 Å². The van der Waals surface area contributed by atoms with Gasteiger partial charge in [-0.2, -0.15) is 0 Å². The number of methoxy groups -OCH3 is 2. The quantitative estimate of drug-likeness (QED) is 0.329. The molecular formula is C34H40N6O4. The monoisotopic (exact) mass is 596 g/mol. The molecule has 0 bridgehead atoms. The molecule has 4 aromatic rings. The molecule has 2 aromatic heterocycles. The van der Waals surface area contributed by atoms with Crippen LogP contribution in [0.25, 0.3) is 16.8 Å². The number of imidazole rings is 1. The number of aromatic nitrogens is 3. The van der Waals surface area contributed by atoms with Gasteiger partial charge in [-0.25, -0.2) is 4.98 Å². The van der Waals surface area contributed by atoms with E-state index in [-0.39, 0.29) is 11.9 Å². The van der Waals surface area contributed by atoms with Gasteiger partial charge < -0.3 is 24.4 Å². The van der Waals surface area contributed by atoms with Crippen molar-refractivity contribution < 1.29 is 19.0 Å². The van der Waals surface area contributed by atoms with Gasteiger partial charge in [-0.1, -0.05) is 12.1 Å². The van der Waals surface area contributed by atoms with E-state index in [1.54, 1.807) is 14.2 Å². The maximum Gasteiger partial charge on any atom is 0.247 e. The van der Waals surface area contributed by atoms with Crippen molar-refractivity contribution in [3.63, 3.8) is 0 Å². The Morgan fingerprint density at radius 1 is 1.07 bits per heavy atom. The number of carbonyl (C=O) groups excluding carboxylic acids is 1. The summed E-state index contributed by atoms with van der Waals surface area (Å²) in [4.78, 5) is 28.1. The number of likely N-dealkylation sites (tertiary alicyclic amines) is 1. The van der Waals surface area contributed by atoms with Gasteiger partial charge in [0.25, 0.3) is 0 Å². The van der Waals surface area contributed by atoms with Crippen LogP contribution in [0.15, 0.2) is 48.8 Å². The van der Waals surface area contributed by atoms with Crippen molar-refractivity contribution in [2.75, 3.05) is 57.8 Å². The average molecular weight is 597 g/mol. The van der Waals surface area contributed by atoms with Crippen molar-refractivity contribution in [1.82, 2.24) is 19.3 Å². The topological polar surface area (TPSA) is 93.5 Å². The zero-order valence-electron chi connectivity index (χ0n) is 25.9. The molecule has 0 aliphatic carbocycles. The van der Waals surface area contributed by atoms with Gasteiger partial charge >= 0.3 is 0 Å². The lowest BCUT2D eigenvalue weighted by Crippen LogP contribution is -2.39. The molecule has 0 radical (unpaired) electrons. The molecule has 7 rings (SSSR count). The van der Waals surface area contributed by atoms with Gasteiger partial charge in [0.15, 0.2) is 0 Å². The first kappa shape index (κ1) is 28.6. The Hall–Kier alpha value is -4.15. The molecule has 2 aromatic carbocycles. The number of rotatable bonds is 7. The lowest BCUT2D eigenvalue weighted by Gasteiger charge is -2.30. The smallest absolute Gasteiger partial charge is 0.247 e. The number of nitrogens with one attached hydrogen (secondary N) is 1. The summed E-state index contributed by atoms with van der Waals surface area (Å²) in [7, 11) is 5.24. The van der Waals surface area contributed by atoms with Crippen molar-refractivity contribution in [1.29, 1.82) is 0 Å². The molecule has 1 amide bonds. The van der Waals surface area contributed by atoms with Crippen LogP contribution >= 0.6 is 0 Å². The molecule has 10 nitrogen and oxygen atoms in total. The number of ether oxygens (including phenoxy) is 3. The third-order valence-electron chi connectivity index (χ3n) is 9.67. The molecule has 5 heterocycles. The Bertz CT molecular complexity index is 1700. The highest BCUT2D eigenvalue weighted by Gasteiger charge is 2.35. The minimum absolute atomic E-state index is 0.0955. The number of amides is 1. The molecule has 2 atom stereocenters. The van der Waals surface area contributed by atoms with E-state index in [4.69, 9.17) is 19.2 Å². The van der Waals surface area contributed by atoms with Crippen LogP contribution in [-0.2, 0) is 16.0 Å². The molecule has 1 N–H and O–H groups in total. The Morgan fingerprint density at radius 2 is 1.89 bits per heavy atom. The maximum atomic E-state index is 13.5. The Labute approximate surface area is 257 Å². The van der Waals surface area contributed by atoms with Gasteiger partial charge in [-0.15, -0.1) is 0 Å². The predicted octanol–water partition coefficient (Wildman–Crippen LogP) is 4.69. The van der Waals surface area contributed by atoms with Crippen molar-refractivity contribution in [3.05, 3.63) is 65.9 Å². The van der Waals surface area contributed by atoms with Gasteiger partial charge in [0.2, 0.25) is 5.91 Å². The van der Waals surface area contributed by atoms with Crippen molar-refractivity contribution in [3.8, 4) is 22.8 Å². The van der Waals surface area contributed by atoms with Crippen LogP contribution < -0.4 is 19.7 Å². The number of hydrogen-bond acceptors (Lipinski definition) is 8. The van der Waals surface area contributed by atoms with Crippen LogP contribution in [0.1, 0.15) is 42.3 Å². The lowest BCUT2D eigenvalue weighted by molar-refractivity contribution is -0.117. The van der Waals surface area contributed by atoms with E-state index in [9.17, 15) is 4.79 Å². The molecule has 44 heavy (non-hydrogen) atoms. The minimum atomic E-state index is -0.355. The maximum absolute atomic E-state index is 13.5. The highest BCUT2D eigenvalue weighted by atomic mass is 16.5. The van der Waals surface area contributed by atoms with Crippen LogP contribution in [0.4, 0.5) is 11.4 Å². The first-order chi connectivity index (χ1) is 21.5. The number of aryl methyl sites for hydroxylation is 1. The zero-order chi connectivity index (χ0) is 30.4.